The van der Waals surface area contributed by atoms with Gasteiger partial charge in [-0.1, -0.05) is 33.6 Å². The normalized spacial score (nSPS) is 26.6. The Morgan fingerprint density at radius 2 is 1.84 bits per heavy atom. The van der Waals surface area contributed by atoms with Crippen LogP contribution >= 0.6 is 0 Å². The molecule has 5 heteroatoms. The number of ether oxygens (including phenoxy) is 1. The first-order valence-electron chi connectivity index (χ1n) is 9.61. The van der Waals surface area contributed by atoms with Gasteiger partial charge in [-0.3, -0.25) is 19.3 Å². The number of carbonyl (C=O) groups is 3. The largest absolute Gasteiger partial charge is 0.462 e. The topological polar surface area (TPSA) is 63.7 Å². The molecule has 2 rings (SSSR count). The lowest BCUT2D eigenvalue weighted by Gasteiger charge is -2.36. The van der Waals surface area contributed by atoms with Gasteiger partial charge >= 0.3 is 5.97 Å². The Balaban J connectivity index is 1.64. The van der Waals surface area contributed by atoms with Gasteiger partial charge in [0.05, 0.1) is 0 Å². The highest BCUT2D eigenvalue weighted by molar-refractivity contribution is 6.12. The van der Waals surface area contributed by atoms with E-state index in [-0.39, 0.29) is 23.9 Å². The van der Waals surface area contributed by atoms with Crippen LogP contribution in [-0.2, 0) is 19.1 Å². The lowest BCUT2D eigenvalue weighted by Crippen LogP contribution is -2.35. The van der Waals surface area contributed by atoms with E-state index in [4.69, 9.17) is 4.74 Å². The molecule has 2 amide bonds. The lowest BCUT2D eigenvalue weighted by molar-refractivity contribution is -0.156. The molecule has 5 nitrogen and oxygen atoms in total. The molecule has 1 saturated carbocycles. The summed E-state index contributed by atoms with van der Waals surface area (Å²) in [5, 5.41) is 0. The molecule has 0 unspecified atom stereocenters. The highest BCUT2D eigenvalue weighted by Crippen LogP contribution is 2.35. The van der Waals surface area contributed by atoms with E-state index < -0.39 is 0 Å². The molecule has 0 aromatic rings. The van der Waals surface area contributed by atoms with Crippen LogP contribution in [-0.4, -0.2) is 35.3 Å². The Hall–Kier alpha value is -1.65. The van der Waals surface area contributed by atoms with Crippen LogP contribution in [0.25, 0.3) is 0 Å². The number of amides is 2. The maximum absolute atomic E-state index is 12.2. The van der Waals surface area contributed by atoms with Crippen molar-refractivity contribution in [2.45, 2.75) is 71.8 Å². The molecule has 1 aliphatic carbocycles. The van der Waals surface area contributed by atoms with Crippen LogP contribution in [0.4, 0.5) is 0 Å². The van der Waals surface area contributed by atoms with Gasteiger partial charge in [0, 0.05) is 25.1 Å². The van der Waals surface area contributed by atoms with E-state index in [1.54, 1.807) is 0 Å². The minimum Gasteiger partial charge on any atom is -0.462 e. The number of rotatable bonds is 8. The molecular weight excluding hydrogens is 318 g/mol. The van der Waals surface area contributed by atoms with E-state index in [0.29, 0.717) is 30.7 Å². The van der Waals surface area contributed by atoms with Gasteiger partial charge < -0.3 is 4.74 Å². The molecule has 1 aliphatic heterocycles. The standard InChI is InChI=1S/C20H31NO4/c1-14(2)16-9-8-15(3)13-17(16)25-20(24)7-5-4-6-12-21-18(22)10-11-19(21)23/h10-11,14-17H,4-9,12-13H2,1-3H3/t15-,16+,17-/m1/s1. The molecule has 0 N–H and O–H groups in total. The molecule has 0 saturated heterocycles. The molecule has 140 valence electrons. The van der Waals surface area contributed by atoms with E-state index >= 15 is 0 Å². The molecule has 2 aliphatic rings. The highest BCUT2D eigenvalue weighted by atomic mass is 16.5. The van der Waals surface area contributed by atoms with Crippen LogP contribution in [0.3, 0.4) is 0 Å². The minimum atomic E-state index is -0.240. The Kier molecular flexibility index (Phi) is 7.21. The zero-order valence-corrected chi connectivity index (χ0v) is 15.7. The Bertz CT molecular complexity index is 508. The zero-order valence-electron chi connectivity index (χ0n) is 15.7. The fourth-order valence-corrected chi connectivity index (χ4v) is 3.85. The van der Waals surface area contributed by atoms with Crippen LogP contribution < -0.4 is 0 Å². The Morgan fingerprint density at radius 1 is 1.16 bits per heavy atom. The number of hydrogen-bond donors (Lipinski definition) is 0. The SMILES string of the molecule is CC(C)[C@@H]1CC[C@@H](C)C[C@H]1OC(=O)CCCCCN1C(=O)C=CC1=O. The summed E-state index contributed by atoms with van der Waals surface area (Å²) in [6.45, 7) is 7.07. The van der Waals surface area contributed by atoms with Crippen molar-refractivity contribution < 1.29 is 19.1 Å². The van der Waals surface area contributed by atoms with E-state index in [1.807, 2.05) is 0 Å². The summed E-state index contributed by atoms with van der Waals surface area (Å²) in [7, 11) is 0. The van der Waals surface area contributed by atoms with Gasteiger partial charge in [0.15, 0.2) is 0 Å². The second-order valence-electron chi connectivity index (χ2n) is 7.83. The van der Waals surface area contributed by atoms with E-state index in [2.05, 4.69) is 20.8 Å². The number of imide groups is 1. The van der Waals surface area contributed by atoms with E-state index in [1.165, 1.54) is 23.5 Å². The third kappa shape index (κ3) is 5.68. The van der Waals surface area contributed by atoms with Gasteiger partial charge in [0.25, 0.3) is 11.8 Å². The van der Waals surface area contributed by atoms with Crippen molar-refractivity contribution in [2.75, 3.05) is 6.54 Å². The fraction of sp³-hybridized carbons (Fsp3) is 0.750. The van der Waals surface area contributed by atoms with Gasteiger partial charge in [0.2, 0.25) is 0 Å². The number of nitrogens with zero attached hydrogens (tertiary/aromatic N) is 1. The molecule has 0 aromatic heterocycles. The summed E-state index contributed by atoms with van der Waals surface area (Å²) in [6, 6.07) is 0. The quantitative estimate of drug-likeness (QED) is 0.382. The first-order valence-corrected chi connectivity index (χ1v) is 9.61. The van der Waals surface area contributed by atoms with Crippen molar-refractivity contribution in [3.8, 4) is 0 Å². The molecule has 0 spiro atoms. The fourth-order valence-electron chi connectivity index (χ4n) is 3.85. The van der Waals surface area contributed by atoms with Gasteiger partial charge in [-0.15, -0.1) is 0 Å². The minimum absolute atomic E-state index is 0.0576. The maximum atomic E-state index is 12.2. The summed E-state index contributed by atoms with van der Waals surface area (Å²) in [5.41, 5.74) is 0. The van der Waals surface area contributed by atoms with Gasteiger partial charge in [0.1, 0.15) is 6.10 Å². The Morgan fingerprint density at radius 3 is 2.48 bits per heavy atom. The zero-order chi connectivity index (χ0) is 18.4. The predicted molar refractivity (Wildman–Crippen MR) is 95.6 cm³/mol. The maximum Gasteiger partial charge on any atom is 0.306 e. The lowest BCUT2D eigenvalue weighted by atomic mass is 9.75. The second-order valence-corrected chi connectivity index (χ2v) is 7.83. The highest BCUT2D eigenvalue weighted by Gasteiger charge is 2.33. The van der Waals surface area contributed by atoms with Crippen molar-refractivity contribution in [1.82, 2.24) is 4.90 Å². The number of carbonyl (C=O) groups excluding carboxylic acids is 3. The van der Waals surface area contributed by atoms with Crippen molar-refractivity contribution in [3.05, 3.63) is 12.2 Å². The van der Waals surface area contributed by atoms with Crippen LogP contribution in [0, 0.1) is 17.8 Å². The average Bonchev–Trinajstić information content (AvgIpc) is 2.86. The molecule has 1 heterocycles. The van der Waals surface area contributed by atoms with Crippen LogP contribution in [0.5, 0.6) is 0 Å². The molecule has 25 heavy (non-hydrogen) atoms. The molecule has 1 fully saturated rings. The summed E-state index contributed by atoms with van der Waals surface area (Å²) < 4.78 is 5.78. The molecule has 0 aromatic carbocycles. The number of esters is 1. The van der Waals surface area contributed by atoms with Crippen molar-refractivity contribution in [3.63, 3.8) is 0 Å². The molecular formula is C20H31NO4. The van der Waals surface area contributed by atoms with Crippen LogP contribution in [0.2, 0.25) is 0 Å². The van der Waals surface area contributed by atoms with Crippen molar-refractivity contribution in [2.24, 2.45) is 17.8 Å². The Labute approximate surface area is 150 Å². The van der Waals surface area contributed by atoms with Crippen LogP contribution in [0.15, 0.2) is 12.2 Å². The smallest absolute Gasteiger partial charge is 0.306 e. The summed E-state index contributed by atoms with van der Waals surface area (Å²) in [5.74, 6) is 1.04. The van der Waals surface area contributed by atoms with Crippen molar-refractivity contribution >= 4 is 17.8 Å². The van der Waals surface area contributed by atoms with Crippen LogP contribution in [0.1, 0.15) is 65.7 Å². The number of hydrogen-bond acceptors (Lipinski definition) is 4. The average molecular weight is 349 g/mol. The number of unbranched alkanes of at least 4 members (excludes halogenated alkanes) is 2. The van der Waals surface area contributed by atoms with Crippen molar-refractivity contribution in [1.29, 1.82) is 0 Å². The van der Waals surface area contributed by atoms with Gasteiger partial charge in [-0.25, -0.2) is 0 Å². The molecule has 3 atom stereocenters. The second kappa shape index (κ2) is 9.16. The third-order valence-corrected chi connectivity index (χ3v) is 5.41. The molecule has 0 bridgehead atoms. The van der Waals surface area contributed by atoms with Gasteiger partial charge in [-0.2, -0.15) is 0 Å². The summed E-state index contributed by atoms with van der Waals surface area (Å²) in [4.78, 5) is 36.3. The molecule has 0 radical (unpaired) electrons. The monoisotopic (exact) mass is 349 g/mol. The first-order chi connectivity index (χ1) is 11.9. The summed E-state index contributed by atoms with van der Waals surface area (Å²) in [6.07, 6.45) is 8.67. The third-order valence-electron chi connectivity index (χ3n) is 5.41. The van der Waals surface area contributed by atoms with E-state index in [0.717, 1.165) is 32.1 Å². The van der Waals surface area contributed by atoms with E-state index in [9.17, 15) is 14.4 Å². The first kappa shape index (κ1) is 19.7. The summed E-state index contributed by atoms with van der Waals surface area (Å²) >= 11 is 0. The van der Waals surface area contributed by atoms with Gasteiger partial charge in [-0.05, 0) is 43.4 Å². The predicted octanol–water partition coefficient (Wildman–Crippen LogP) is 3.48.